The van der Waals surface area contributed by atoms with Crippen LogP contribution in [0, 0.1) is 10.1 Å². The summed E-state index contributed by atoms with van der Waals surface area (Å²) in [5.74, 6) is 0.984. The second-order valence-corrected chi connectivity index (χ2v) is 3.52. The topological polar surface area (TPSA) is 43.1 Å². The third-order valence-electron chi connectivity index (χ3n) is 1.36. The minimum absolute atomic E-state index is 0. The van der Waals surface area contributed by atoms with Crippen molar-refractivity contribution < 1.29 is 4.92 Å². The lowest BCUT2D eigenvalue weighted by Gasteiger charge is -1.96. The minimum atomic E-state index is -0.388. The smallest absolute Gasteiger partial charge is 0.258 e. The highest BCUT2D eigenvalue weighted by Crippen LogP contribution is 2.20. The molecule has 3 nitrogen and oxygen atoms in total. The Morgan fingerprint density at radius 2 is 1.92 bits per heavy atom. The molecule has 0 spiro atoms. The van der Waals surface area contributed by atoms with Crippen molar-refractivity contribution in [2.75, 3.05) is 5.75 Å². The molecule has 13 heavy (non-hydrogen) atoms. The second-order valence-electron chi connectivity index (χ2n) is 2.18. The van der Waals surface area contributed by atoms with Crippen LogP contribution in [0.5, 0.6) is 0 Å². The molecule has 0 aliphatic heterocycles. The van der Waals surface area contributed by atoms with Gasteiger partial charge >= 0.3 is 0 Å². The highest BCUT2D eigenvalue weighted by Gasteiger charge is 2.02. The molecule has 1 aromatic rings. The fraction of sp³-hybridized carbons (Fsp3) is 0.333. The molecule has 0 saturated heterocycles. The van der Waals surface area contributed by atoms with Crippen molar-refractivity contribution >= 4 is 17.4 Å². The average molecular weight is 199 g/mol. The van der Waals surface area contributed by atoms with Crippen molar-refractivity contribution in [3.8, 4) is 0 Å². The van der Waals surface area contributed by atoms with Gasteiger partial charge in [0.1, 0.15) is 0 Å². The zero-order chi connectivity index (χ0) is 8.97. The van der Waals surface area contributed by atoms with Crippen LogP contribution in [0.2, 0.25) is 0 Å². The van der Waals surface area contributed by atoms with E-state index in [1.165, 1.54) is 12.1 Å². The number of hydrogen-bond donors (Lipinski definition) is 0. The van der Waals surface area contributed by atoms with E-state index in [-0.39, 0.29) is 18.0 Å². The van der Waals surface area contributed by atoms with Gasteiger partial charge in [-0.15, -0.1) is 11.8 Å². The molecular formula is C9H13NO2S. The molecule has 0 aliphatic carbocycles. The van der Waals surface area contributed by atoms with Crippen molar-refractivity contribution in [1.29, 1.82) is 0 Å². The van der Waals surface area contributed by atoms with Gasteiger partial charge in [-0.25, -0.2) is 0 Å². The van der Waals surface area contributed by atoms with Crippen molar-refractivity contribution in [2.45, 2.75) is 19.2 Å². The largest absolute Gasteiger partial charge is 0.269 e. The molecule has 0 aromatic heterocycles. The Kier molecular flexibility index (Phi) is 5.14. The minimum Gasteiger partial charge on any atom is -0.258 e. The van der Waals surface area contributed by atoms with E-state index < -0.39 is 0 Å². The Bertz CT molecular complexity index is 271. The SMILES string of the molecule is C.CCSc1ccc([N+](=O)[O-])cc1. The van der Waals surface area contributed by atoms with Crippen LogP contribution in [0.3, 0.4) is 0 Å². The molecule has 0 fully saturated rings. The van der Waals surface area contributed by atoms with Crippen LogP contribution in [-0.2, 0) is 0 Å². The first-order chi connectivity index (χ1) is 5.74. The summed E-state index contributed by atoms with van der Waals surface area (Å²) in [5.41, 5.74) is 0.149. The third kappa shape index (κ3) is 3.46. The van der Waals surface area contributed by atoms with Crippen molar-refractivity contribution in [1.82, 2.24) is 0 Å². The summed E-state index contributed by atoms with van der Waals surface area (Å²) in [6.45, 7) is 2.05. The predicted molar refractivity (Wildman–Crippen MR) is 56.2 cm³/mol. The second kappa shape index (κ2) is 5.59. The maximum atomic E-state index is 10.3. The van der Waals surface area contributed by atoms with Gasteiger partial charge in [0, 0.05) is 17.0 Å². The number of nitro groups is 1. The van der Waals surface area contributed by atoms with E-state index in [0.29, 0.717) is 0 Å². The first kappa shape index (κ1) is 12.0. The molecule has 0 heterocycles. The zero-order valence-electron chi connectivity index (χ0n) is 6.69. The number of rotatable bonds is 3. The van der Waals surface area contributed by atoms with Gasteiger partial charge in [0.05, 0.1) is 4.92 Å². The van der Waals surface area contributed by atoms with E-state index in [1.54, 1.807) is 23.9 Å². The van der Waals surface area contributed by atoms with E-state index in [0.717, 1.165) is 10.6 Å². The molecule has 0 amide bonds. The molecule has 0 atom stereocenters. The van der Waals surface area contributed by atoms with Crippen LogP contribution in [0.4, 0.5) is 5.69 Å². The summed E-state index contributed by atoms with van der Waals surface area (Å²) in [4.78, 5) is 11.0. The number of nitro benzene ring substituents is 1. The van der Waals surface area contributed by atoms with Crippen molar-refractivity contribution in [3.05, 3.63) is 34.4 Å². The van der Waals surface area contributed by atoms with Gasteiger partial charge < -0.3 is 0 Å². The van der Waals surface area contributed by atoms with Gasteiger partial charge in [0.15, 0.2) is 0 Å². The molecule has 0 saturated carbocycles. The highest BCUT2D eigenvalue weighted by molar-refractivity contribution is 7.99. The standard InChI is InChI=1S/C8H9NO2S.CH4/c1-2-12-8-5-3-7(4-6-8)9(10)11;/h3-6H,2H2,1H3;1H4. The Balaban J connectivity index is 0.00000144. The molecular weight excluding hydrogens is 186 g/mol. The van der Waals surface area contributed by atoms with E-state index >= 15 is 0 Å². The highest BCUT2D eigenvalue weighted by atomic mass is 32.2. The van der Waals surface area contributed by atoms with E-state index in [4.69, 9.17) is 0 Å². The van der Waals surface area contributed by atoms with E-state index in [2.05, 4.69) is 0 Å². The van der Waals surface area contributed by atoms with Crippen LogP contribution >= 0.6 is 11.8 Å². The Labute approximate surface area is 82.3 Å². The lowest BCUT2D eigenvalue weighted by atomic mass is 10.3. The summed E-state index contributed by atoms with van der Waals surface area (Å²) in [6.07, 6.45) is 0. The van der Waals surface area contributed by atoms with Gasteiger partial charge in [0.25, 0.3) is 5.69 Å². The van der Waals surface area contributed by atoms with E-state index in [1.807, 2.05) is 6.92 Å². The fourth-order valence-corrected chi connectivity index (χ4v) is 1.49. The fourth-order valence-electron chi connectivity index (χ4n) is 0.831. The molecule has 0 radical (unpaired) electrons. The summed E-state index contributed by atoms with van der Waals surface area (Å²) >= 11 is 1.67. The van der Waals surface area contributed by atoms with Gasteiger partial charge in [0.2, 0.25) is 0 Å². The lowest BCUT2D eigenvalue weighted by Crippen LogP contribution is -1.86. The van der Waals surface area contributed by atoms with Crippen molar-refractivity contribution in [2.24, 2.45) is 0 Å². The first-order valence-corrected chi connectivity index (χ1v) is 4.60. The monoisotopic (exact) mass is 199 g/mol. The Hall–Kier alpha value is -1.03. The number of nitrogens with zero attached hydrogens (tertiary/aromatic N) is 1. The molecule has 0 N–H and O–H groups in total. The molecule has 1 aromatic carbocycles. The third-order valence-corrected chi connectivity index (χ3v) is 2.25. The summed E-state index contributed by atoms with van der Waals surface area (Å²) in [5, 5.41) is 10.3. The lowest BCUT2D eigenvalue weighted by molar-refractivity contribution is -0.384. The summed E-state index contributed by atoms with van der Waals surface area (Å²) < 4.78 is 0. The van der Waals surface area contributed by atoms with Crippen LogP contribution in [-0.4, -0.2) is 10.7 Å². The first-order valence-electron chi connectivity index (χ1n) is 3.61. The maximum Gasteiger partial charge on any atom is 0.269 e. The van der Waals surface area contributed by atoms with Crippen molar-refractivity contribution in [3.63, 3.8) is 0 Å². The number of thioether (sulfide) groups is 1. The predicted octanol–water partition coefficient (Wildman–Crippen LogP) is 3.34. The number of non-ortho nitro benzene ring substituents is 1. The molecule has 0 aliphatic rings. The molecule has 72 valence electrons. The molecule has 0 bridgehead atoms. The zero-order valence-corrected chi connectivity index (χ0v) is 7.50. The molecule has 0 unspecified atom stereocenters. The molecule has 4 heteroatoms. The quantitative estimate of drug-likeness (QED) is 0.426. The van der Waals surface area contributed by atoms with Crippen LogP contribution in [0.1, 0.15) is 14.4 Å². The maximum absolute atomic E-state index is 10.3. The van der Waals surface area contributed by atoms with Gasteiger partial charge in [-0.1, -0.05) is 14.4 Å². The number of benzene rings is 1. The summed E-state index contributed by atoms with van der Waals surface area (Å²) in [6, 6.07) is 6.59. The van der Waals surface area contributed by atoms with Crippen LogP contribution < -0.4 is 0 Å². The van der Waals surface area contributed by atoms with Gasteiger partial charge in [-0.2, -0.15) is 0 Å². The summed E-state index contributed by atoms with van der Waals surface area (Å²) in [7, 11) is 0. The Morgan fingerprint density at radius 3 is 2.31 bits per heavy atom. The van der Waals surface area contributed by atoms with Gasteiger partial charge in [-0.3, -0.25) is 10.1 Å². The number of hydrogen-bond acceptors (Lipinski definition) is 3. The molecule has 1 rings (SSSR count). The van der Waals surface area contributed by atoms with Crippen LogP contribution in [0.15, 0.2) is 29.2 Å². The van der Waals surface area contributed by atoms with E-state index in [9.17, 15) is 10.1 Å². The van der Waals surface area contributed by atoms with Gasteiger partial charge in [-0.05, 0) is 17.9 Å². The Morgan fingerprint density at radius 1 is 1.38 bits per heavy atom. The average Bonchev–Trinajstić information content (AvgIpc) is 2.06. The normalized spacial score (nSPS) is 9.00. The van der Waals surface area contributed by atoms with Crippen LogP contribution in [0.25, 0.3) is 0 Å².